The van der Waals surface area contributed by atoms with Crippen LogP contribution in [0, 0.1) is 12.7 Å². The fourth-order valence-electron chi connectivity index (χ4n) is 3.85. The second-order valence-corrected chi connectivity index (χ2v) is 8.08. The molecule has 0 fully saturated rings. The molecule has 1 aromatic heterocycles. The van der Waals surface area contributed by atoms with Gasteiger partial charge in [0.25, 0.3) is 0 Å². The summed E-state index contributed by atoms with van der Waals surface area (Å²) in [6.07, 6.45) is 1.58. The maximum absolute atomic E-state index is 13.4. The number of benzene rings is 3. The van der Waals surface area contributed by atoms with Gasteiger partial charge in [-0.1, -0.05) is 48.0 Å². The zero-order valence-electron chi connectivity index (χ0n) is 17.2. The van der Waals surface area contributed by atoms with Crippen LogP contribution in [-0.2, 0) is 12.8 Å². The highest BCUT2D eigenvalue weighted by atomic mass is 35.5. The van der Waals surface area contributed by atoms with Crippen molar-refractivity contribution in [1.82, 2.24) is 4.98 Å². The summed E-state index contributed by atoms with van der Waals surface area (Å²) in [6, 6.07) is 21.0. The van der Waals surface area contributed by atoms with Gasteiger partial charge in [-0.05, 0) is 79.3 Å². The zero-order valence-corrected chi connectivity index (χ0v) is 17.9. The molecule has 3 aromatic carbocycles. The number of nitrogens with one attached hydrogen (secondary N) is 1. The first kappa shape index (κ1) is 20.4. The van der Waals surface area contributed by atoms with Crippen molar-refractivity contribution in [1.29, 1.82) is 0 Å². The molecule has 4 heteroatoms. The Hall–Kier alpha value is -2.91. The summed E-state index contributed by atoms with van der Waals surface area (Å²) >= 11 is 6.18. The van der Waals surface area contributed by atoms with Crippen molar-refractivity contribution in [3.63, 3.8) is 0 Å². The number of fused-ring (bicyclic) bond motifs is 1. The predicted molar refractivity (Wildman–Crippen MR) is 124 cm³/mol. The molecule has 4 aromatic rings. The summed E-state index contributed by atoms with van der Waals surface area (Å²) in [7, 11) is 0. The Morgan fingerprint density at radius 1 is 1.00 bits per heavy atom. The lowest BCUT2D eigenvalue weighted by Gasteiger charge is -2.06. The largest absolute Gasteiger partial charge is 0.358 e. The van der Waals surface area contributed by atoms with E-state index < -0.39 is 0 Å². The molecule has 2 nitrogen and oxygen atoms in total. The van der Waals surface area contributed by atoms with E-state index in [2.05, 4.69) is 36.2 Å². The molecule has 152 valence electrons. The average Bonchev–Trinajstić information content (AvgIpc) is 3.03. The van der Waals surface area contributed by atoms with Gasteiger partial charge < -0.3 is 4.98 Å². The van der Waals surface area contributed by atoms with Crippen LogP contribution in [0.15, 0.2) is 71.7 Å². The van der Waals surface area contributed by atoms with Gasteiger partial charge in [-0.15, -0.1) is 0 Å². The maximum atomic E-state index is 13.4. The third-order valence-electron chi connectivity index (χ3n) is 5.46. The molecule has 0 unspecified atom stereocenters. The van der Waals surface area contributed by atoms with E-state index in [1.54, 1.807) is 12.1 Å². The van der Waals surface area contributed by atoms with Crippen LogP contribution in [0.3, 0.4) is 0 Å². The van der Waals surface area contributed by atoms with E-state index in [0.29, 0.717) is 0 Å². The number of aryl methyl sites for hydroxylation is 1. The number of aromatic amines is 1. The SMILES string of the molecule is CC(=NCCc1c(C)[nH]c2ccc(Cl)cc12)c1ccc(Cc2cccc(F)c2)cc1. The number of hydrogen-bond acceptors (Lipinski definition) is 1. The van der Waals surface area contributed by atoms with Gasteiger partial charge in [-0.2, -0.15) is 0 Å². The summed E-state index contributed by atoms with van der Waals surface area (Å²) in [5, 5.41) is 1.93. The first-order chi connectivity index (χ1) is 14.5. The van der Waals surface area contributed by atoms with Crippen molar-refractivity contribution in [3.05, 3.63) is 106 Å². The Bertz CT molecular complexity index is 1210. The summed E-state index contributed by atoms with van der Waals surface area (Å²) < 4.78 is 13.4. The molecule has 0 aliphatic heterocycles. The van der Waals surface area contributed by atoms with Gasteiger partial charge in [0.15, 0.2) is 0 Å². The Balaban J connectivity index is 1.43. The Labute approximate surface area is 181 Å². The minimum Gasteiger partial charge on any atom is -0.358 e. The first-order valence-electron chi connectivity index (χ1n) is 10.1. The molecule has 4 rings (SSSR count). The van der Waals surface area contributed by atoms with E-state index >= 15 is 0 Å². The fraction of sp³-hybridized carbons (Fsp3) is 0.192. The molecule has 0 aliphatic carbocycles. The minimum absolute atomic E-state index is 0.195. The summed E-state index contributed by atoms with van der Waals surface area (Å²) in [5.74, 6) is -0.195. The summed E-state index contributed by atoms with van der Waals surface area (Å²) in [4.78, 5) is 8.21. The Morgan fingerprint density at radius 2 is 1.80 bits per heavy atom. The normalized spacial score (nSPS) is 11.9. The number of aliphatic imine (C=N–C) groups is 1. The molecule has 0 radical (unpaired) electrons. The highest BCUT2D eigenvalue weighted by molar-refractivity contribution is 6.31. The third-order valence-corrected chi connectivity index (χ3v) is 5.70. The monoisotopic (exact) mass is 418 g/mol. The molecule has 0 saturated heterocycles. The number of H-pyrrole nitrogens is 1. The summed E-state index contributed by atoms with van der Waals surface area (Å²) in [6.45, 7) is 4.86. The van der Waals surface area contributed by atoms with Gasteiger partial charge in [0.1, 0.15) is 5.82 Å². The van der Waals surface area contributed by atoms with E-state index in [9.17, 15) is 4.39 Å². The van der Waals surface area contributed by atoms with Crippen molar-refractivity contribution in [2.75, 3.05) is 6.54 Å². The van der Waals surface area contributed by atoms with Crippen molar-refractivity contribution >= 4 is 28.2 Å². The standard InChI is InChI=1S/C26H24ClFN2/c1-17(21-8-6-19(7-9-21)14-20-4-3-5-23(28)15-20)29-13-12-24-18(2)30-26-11-10-22(27)16-25(24)26/h3-11,15-16,30H,12-14H2,1-2H3. The number of nitrogens with zero attached hydrogens (tertiary/aromatic N) is 1. The summed E-state index contributed by atoms with van der Waals surface area (Å²) in [5.41, 5.74) is 7.81. The molecule has 0 bridgehead atoms. The van der Waals surface area contributed by atoms with E-state index in [-0.39, 0.29) is 5.82 Å². The predicted octanol–water partition coefficient (Wildman–Crippen LogP) is 6.91. The fourth-order valence-corrected chi connectivity index (χ4v) is 4.02. The van der Waals surface area contributed by atoms with Crippen LogP contribution in [0.2, 0.25) is 5.02 Å². The molecular formula is C26H24ClFN2. The molecule has 0 amide bonds. The Morgan fingerprint density at radius 3 is 2.57 bits per heavy atom. The highest BCUT2D eigenvalue weighted by Crippen LogP contribution is 2.25. The van der Waals surface area contributed by atoms with Gasteiger partial charge in [-0.25, -0.2) is 4.39 Å². The lowest BCUT2D eigenvalue weighted by molar-refractivity contribution is 0.626. The molecule has 0 spiro atoms. The quantitative estimate of drug-likeness (QED) is 0.329. The van der Waals surface area contributed by atoms with Gasteiger partial charge in [0, 0.05) is 33.9 Å². The van der Waals surface area contributed by atoms with E-state index in [1.807, 2.05) is 31.2 Å². The second-order valence-electron chi connectivity index (χ2n) is 7.64. The van der Waals surface area contributed by atoms with Crippen LogP contribution in [0.25, 0.3) is 10.9 Å². The topological polar surface area (TPSA) is 28.1 Å². The van der Waals surface area contributed by atoms with Gasteiger partial charge >= 0.3 is 0 Å². The molecule has 1 heterocycles. The molecule has 0 saturated carbocycles. The third kappa shape index (κ3) is 4.63. The average molecular weight is 419 g/mol. The number of hydrogen-bond donors (Lipinski definition) is 1. The van der Waals surface area contributed by atoms with Crippen LogP contribution in [0.5, 0.6) is 0 Å². The molecule has 30 heavy (non-hydrogen) atoms. The number of aromatic nitrogens is 1. The second kappa shape index (κ2) is 8.85. The highest BCUT2D eigenvalue weighted by Gasteiger charge is 2.09. The molecule has 0 aliphatic rings. The number of halogens is 2. The van der Waals surface area contributed by atoms with E-state index in [0.717, 1.165) is 52.3 Å². The number of rotatable bonds is 6. The van der Waals surface area contributed by atoms with Crippen LogP contribution in [-0.4, -0.2) is 17.2 Å². The Kier molecular flexibility index (Phi) is 6.01. The van der Waals surface area contributed by atoms with E-state index in [1.165, 1.54) is 22.7 Å². The zero-order chi connectivity index (χ0) is 21.1. The van der Waals surface area contributed by atoms with E-state index in [4.69, 9.17) is 16.6 Å². The first-order valence-corrected chi connectivity index (χ1v) is 10.5. The molecule has 1 N–H and O–H groups in total. The van der Waals surface area contributed by atoms with Crippen molar-refractivity contribution < 1.29 is 4.39 Å². The van der Waals surface area contributed by atoms with Crippen molar-refractivity contribution in [2.45, 2.75) is 26.7 Å². The van der Waals surface area contributed by atoms with Crippen LogP contribution < -0.4 is 0 Å². The lowest BCUT2D eigenvalue weighted by atomic mass is 10.0. The molecular weight excluding hydrogens is 395 g/mol. The van der Waals surface area contributed by atoms with Gasteiger partial charge in [-0.3, -0.25) is 4.99 Å². The maximum Gasteiger partial charge on any atom is 0.123 e. The van der Waals surface area contributed by atoms with Crippen LogP contribution in [0.1, 0.15) is 34.9 Å². The van der Waals surface area contributed by atoms with Crippen molar-refractivity contribution in [2.24, 2.45) is 4.99 Å². The smallest absolute Gasteiger partial charge is 0.123 e. The van der Waals surface area contributed by atoms with Crippen LogP contribution in [0.4, 0.5) is 4.39 Å². The minimum atomic E-state index is -0.195. The van der Waals surface area contributed by atoms with Crippen molar-refractivity contribution in [3.8, 4) is 0 Å². The van der Waals surface area contributed by atoms with Gasteiger partial charge in [0.2, 0.25) is 0 Å². The molecule has 0 atom stereocenters. The van der Waals surface area contributed by atoms with Gasteiger partial charge in [0.05, 0.1) is 0 Å². The lowest BCUT2D eigenvalue weighted by Crippen LogP contribution is -1.99. The van der Waals surface area contributed by atoms with Crippen LogP contribution >= 0.6 is 11.6 Å².